The second-order valence-corrected chi connectivity index (χ2v) is 5.45. The normalized spacial score (nSPS) is 10.9. The zero-order valence-corrected chi connectivity index (χ0v) is 13.2. The Hall–Kier alpha value is -2.89. The van der Waals surface area contributed by atoms with Crippen molar-refractivity contribution in [3.8, 4) is 0 Å². The third-order valence-electron chi connectivity index (χ3n) is 3.79. The number of fused-ring (bicyclic) bond motifs is 1. The predicted molar refractivity (Wildman–Crippen MR) is 86.7 cm³/mol. The highest BCUT2D eigenvalue weighted by atomic mass is 16.5. The average Bonchev–Trinajstić information content (AvgIpc) is 2.91. The molecule has 2 aromatic heterocycles. The SMILES string of the molecule is COC(=O)c1ccc(Cn2c(C)nc3[nH]c(C)cc3c2=O)cc1. The molecule has 0 amide bonds. The first-order valence-corrected chi connectivity index (χ1v) is 7.23. The number of aryl methyl sites for hydroxylation is 2. The van der Waals surface area contributed by atoms with Crippen molar-refractivity contribution in [2.75, 3.05) is 7.11 Å². The molecule has 0 fully saturated rings. The Morgan fingerprint density at radius 3 is 2.61 bits per heavy atom. The summed E-state index contributed by atoms with van der Waals surface area (Å²) in [5.74, 6) is 0.261. The van der Waals surface area contributed by atoms with E-state index in [2.05, 4.69) is 14.7 Å². The van der Waals surface area contributed by atoms with Gasteiger partial charge in [0, 0.05) is 5.69 Å². The molecule has 0 saturated heterocycles. The Kier molecular flexibility index (Phi) is 3.73. The molecule has 1 aromatic carbocycles. The number of ether oxygens (including phenoxy) is 1. The van der Waals surface area contributed by atoms with Gasteiger partial charge in [0.1, 0.15) is 11.5 Å². The van der Waals surface area contributed by atoms with Crippen molar-refractivity contribution in [1.82, 2.24) is 14.5 Å². The van der Waals surface area contributed by atoms with E-state index in [-0.39, 0.29) is 11.5 Å². The number of carbonyl (C=O) groups is 1. The molecule has 6 heteroatoms. The summed E-state index contributed by atoms with van der Waals surface area (Å²) in [5.41, 5.74) is 2.84. The minimum absolute atomic E-state index is 0.0751. The lowest BCUT2D eigenvalue weighted by Gasteiger charge is -2.10. The molecule has 0 saturated carbocycles. The van der Waals surface area contributed by atoms with Gasteiger partial charge in [-0.2, -0.15) is 0 Å². The van der Waals surface area contributed by atoms with Crippen LogP contribution in [-0.4, -0.2) is 27.6 Å². The lowest BCUT2D eigenvalue weighted by Crippen LogP contribution is -2.24. The first-order chi connectivity index (χ1) is 11.0. The van der Waals surface area contributed by atoms with E-state index in [9.17, 15) is 9.59 Å². The van der Waals surface area contributed by atoms with Crippen LogP contribution in [0.5, 0.6) is 0 Å². The number of carbonyl (C=O) groups excluding carboxylic acids is 1. The number of nitrogens with zero attached hydrogens (tertiary/aromatic N) is 2. The van der Waals surface area contributed by atoms with Crippen molar-refractivity contribution in [2.45, 2.75) is 20.4 Å². The number of rotatable bonds is 3. The number of aromatic amines is 1. The van der Waals surface area contributed by atoms with Crippen LogP contribution in [0.1, 0.15) is 27.4 Å². The molecule has 3 rings (SSSR count). The third-order valence-corrected chi connectivity index (χ3v) is 3.79. The molecule has 2 heterocycles. The summed E-state index contributed by atoms with van der Waals surface area (Å²) in [6, 6.07) is 8.80. The van der Waals surface area contributed by atoms with Gasteiger partial charge in [0.25, 0.3) is 5.56 Å². The lowest BCUT2D eigenvalue weighted by molar-refractivity contribution is 0.0600. The molecule has 0 aliphatic heterocycles. The fraction of sp³-hybridized carbons (Fsp3) is 0.235. The van der Waals surface area contributed by atoms with Crippen molar-refractivity contribution >= 4 is 17.0 Å². The molecule has 1 N–H and O–H groups in total. The fourth-order valence-electron chi connectivity index (χ4n) is 2.57. The first-order valence-electron chi connectivity index (χ1n) is 7.23. The molecule has 0 unspecified atom stereocenters. The highest BCUT2D eigenvalue weighted by Crippen LogP contribution is 2.11. The fourth-order valence-corrected chi connectivity index (χ4v) is 2.57. The van der Waals surface area contributed by atoms with Crippen LogP contribution in [0.4, 0.5) is 0 Å². The van der Waals surface area contributed by atoms with Crippen LogP contribution in [0.3, 0.4) is 0 Å². The molecule has 0 aliphatic carbocycles. The zero-order chi connectivity index (χ0) is 16.6. The number of methoxy groups -OCH3 is 1. The van der Waals surface area contributed by atoms with Gasteiger partial charge < -0.3 is 9.72 Å². The summed E-state index contributed by atoms with van der Waals surface area (Å²) < 4.78 is 6.30. The third kappa shape index (κ3) is 2.75. The Bertz CT molecular complexity index is 936. The standard InChI is InChI=1S/C17H17N3O3/c1-10-8-14-15(18-10)19-11(2)20(16(14)21)9-12-4-6-13(7-5-12)17(22)23-3/h4-8,18H,9H2,1-3H3. The molecule has 3 aromatic rings. The Morgan fingerprint density at radius 2 is 1.96 bits per heavy atom. The van der Waals surface area contributed by atoms with E-state index in [1.165, 1.54) is 7.11 Å². The van der Waals surface area contributed by atoms with Crippen molar-refractivity contribution in [3.63, 3.8) is 0 Å². The van der Waals surface area contributed by atoms with Crippen LogP contribution in [-0.2, 0) is 11.3 Å². The summed E-state index contributed by atoms with van der Waals surface area (Å²) >= 11 is 0. The summed E-state index contributed by atoms with van der Waals surface area (Å²) in [4.78, 5) is 31.6. The molecular weight excluding hydrogens is 294 g/mol. The van der Waals surface area contributed by atoms with Crippen LogP contribution in [0.15, 0.2) is 35.1 Å². The van der Waals surface area contributed by atoms with Crippen LogP contribution < -0.4 is 5.56 Å². The highest BCUT2D eigenvalue weighted by Gasteiger charge is 2.11. The smallest absolute Gasteiger partial charge is 0.337 e. The van der Waals surface area contributed by atoms with Crippen molar-refractivity contribution in [3.05, 3.63) is 63.3 Å². The molecule has 23 heavy (non-hydrogen) atoms. The van der Waals surface area contributed by atoms with E-state index < -0.39 is 0 Å². The van der Waals surface area contributed by atoms with Crippen LogP contribution >= 0.6 is 0 Å². The molecule has 0 bridgehead atoms. The second kappa shape index (κ2) is 5.72. The first kappa shape index (κ1) is 15.0. The quantitative estimate of drug-likeness (QED) is 0.752. The van der Waals surface area contributed by atoms with Gasteiger partial charge in [0.2, 0.25) is 0 Å². The van der Waals surface area contributed by atoms with Gasteiger partial charge in [0.15, 0.2) is 0 Å². The zero-order valence-electron chi connectivity index (χ0n) is 13.2. The molecule has 0 radical (unpaired) electrons. The van der Waals surface area contributed by atoms with Crippen molar-refractivity contribution in [2.24, 2.45) is 0 Å². The van der Waals surface area contributed by atoms with Crippen molar-refractivity contribution < 1.29 is 9.53 Å². The topological polar surface area (TPSA) is 77.0 Å². The number of hydrogen-bond acceptors (Lipinski definition) is 4. The Balaban J connectivity index is 1.98. The number of benzene rings is 1. The van der Waals surface area contributed by atoms with Gasteiger partial charge >= 0.3 is 5.97 Å². The highest BCUT2D eigenvalue weighted by molar-refractivity contribution is 5.89. The van der Waals surface area contributed by atoms with E-state index in [4.69, 9.17) is 0 Å². The van der Waals surface area contributed by atoms with Crippen LogP contribution in [0, 0.1) is 13.8 Å². The van der Waals surface area contributed by atoms with E-state index >= 15 is 0 Å². The summed E-state index contributed by atoms with van der Waals surface area (Å²) in [5, 5.41) is 0.583. The molecule has 0 spiro atoms. The molecule has 0 atom stereocenters. The maximum Gasteiger partial charge on any atom is 0.337 e. The molecular formula is C17H17N3O3. The Labute approximate surface area is 132 Å². The monoisotopic (exact) mass is 311 g/mol. The molecule has 118 valence electrons. The van der Waals surface area contributed by atoms with Crippen molar-refractivity contribution in [1.29, 1.82) is 0 Å². The summed E-state index contributed by atoms with van der Waals surface area (Å²) in [7, 11) is 1.35. The lowest BCUT2D eigenvalue weighted by atomic mass is 10.1. The average molecular weight is 311 g/mol. The van der Waals surface area contributed by atoms with Crippen LogP contribution in [0.25, 0.3) is 11.0 Å². The minimum Gasteiger partial charge on any atom is -0.465 e. The van der Waals surface area contributed by atoms with Gasteiger partial charge in [-0.25, -0.2) is 9.78 Å². The maximum absolute atomic E-state index is 12.6. The number of esters is 1. The van der Waals surface area contributed by atoms with Gasteiger partial charge in [-0.1, -0.05) is 12.1 Å². The second-order valence-electron chi connectivity index (χ2n) is 5.45. The van der Waals surface area contributed by atoms with E-state index in [1.54, 1.807) is 29.7 Å². The summed E-state index contributed by atoms with van der Waals surface area (Å²) in [6.07, 6.45) is 0. The van der Waals surface area contributed by atoms with Gasteiger partial charge in [0.05, 0.1) is 24.6 Å². The molecule has 6 nitrogen and oxygen atoms in total. The number of hydrogen-bond donors (Lipinski definition) is 1. The number of nitrogens with one attached hydrogen (secondary N) is 1. The van der Waals surface area contributed by atoms with Gasteiger partial charge in [-0.3, -0.25) is 9.36 Å². The number of H-pyrrole nitrogens is 1. The van der Waals surface area contributed by atoms with Gasteiger partial charge in [-0.05, 0) is 37.6 Å². The Morgan fingerprint density at radius 1 is 1.26 bits per heavy atom. The largest absolute Gasteiger partial charge is 0.465 e. The predicted octanol–water partition coefficient (Wildman–Crippen LogP) is 2.18. The minimum atomic E-state index is -0.379. The van der Waals surface area contributed by atoms with Crippen LogP contribution in [0.2, 0.25) is 0 Å². The van der Waals surface area contributed by atoms with E-state index in [0.29, 0.717) is 29.0 Å². The molecule has 0 aliphatic rings. The maximum atomic E-state index is 12.6. The van der Waals surface area contributed by atoms with E-state index in [0.717, 1.165) is 11.3 Å². The summed E-state index contributed by atoms with van der Waals surface area (Å²) in [6.45, 7) is 4.10. The number of aromatic nitrogens is 3. The van der Waals surface area contributed by atoms with E-state index in [1.807, 2.05) is 19.1 Å². The van der Waals surface area contributed by atoms with Gasteiger partial charge in [-0.15, -0.1) is 0 Å².